The third-order valence-corrected chi connectivity index (χ3v) is 8.26. The van der Waals surface area contributed by atoms with Crippen molar-refractivity contribution in [2.75, 3.05) is 23.3 Å². The molecule has 0 aromatic heterocycles. The predicted molar refractivity (Wildman–Crippen MR) is 124 cm³/mol. The van der Waals surface area contributed by atoms with Gasteiger partial charge in [-0.1, -0.05) is 18.2 Å². The van der Waals surface area contributed by atoms with Crippen molar-refractivity contribution in [2.45, 2.75) is 51.0 Å². The highest BCUT2D eigenvalue weighted by Crippen LogP contribution is 2.35. The number of piperidine rings is 1. The molecule has 1 saturated heterocycles. The van der Waals surface area contributed by atoms with E-state index in [1.54, 1.807) is 23.1 Å². The second-order valence-electron chi connectivity index (χ2n) is 8.74. The van der Waals surface area contributed by atoms with Crippen molar-refractivity contribution in [3.8, 4) is 0 Å². The number of amides is 2. The van der Waals surface area contributed by atoms with Gasteiger partial charge >= 0.3 is 0 Å². The van der Waals surface area contributed by atoms with Gasteiger partial charge in [-0.2, -0.15) is 4.31 Å². The van der Waals surface area contributed by atoms with Gasteiger partial charge in [0, 0.05) is 37.4 Å². The largest absolute Gasteiger partial charge is 0.326 e. The molecule has 2 heterocycles. The van der Waals surface area contributed by atoms with E-state index in [4.69, 9.17) is 0 Å². The van der Waals surface area contributed by atoms with Crippen LogP contribution in [0.5, 0.6) is 0 Å². The number of carbonyl (C=O) groups is 2. The van der Waals surface area contributed by atoms with E-state index in [9.17, 15) is 18.0 Å². The number of fused-ring (bicyclic) bond motifs is 1. The van der Waals surface area contributed by atoms with Crippen LogP contribution >= 0.6 is 0 Å². The van der Waals surface area contributed by atoms with Gasteiger partial charge in [-0.05, 0) is 68.5 Å². The molecule has 0 unspecified atom stereocenters. The number of hydrogen-bond donors (Lipinski definition) is 1. The van der Waals surface area contributed by atoms with Crippen LogP contribution in [-0.4, -0.2) is 43.7 Å². The number of nitrogens with one attached hydrogen (secondary N) is 1. The lowest BCUT2D eigenvalue weighted by atomic mass is 9.98. The van der Waals surface area contributed by atoms with Crippen LogP contribution in [0.25, 0.3) is 0 Å². The number of nitrogens with zero attached hydrogens (tertiary/aromatic N) is 2. The van der Waals surface area contributed by atoms with Crippen molar-refractivity contribution in [1.29, 1.82) is 0 Å². The lowest BCUT2D eigenvalue weighted by Crippen LogP contribution is -2.43. The molecule has 2 atom stereocenters. The van der Waals surface area contributed by atoms with Crippen molar-refractivity contribution in [2.24, 2.45) is 5.92 Å². The molecular formula is C24H29N3O4S. The first-order valence-corrected chi connectivity index (χ1v) is 12.4. The van der Waals surface area contributed by atoms with Gasteiger partial charge in [0.15, 0.2) is 0 Å². The molecule has 2 aliphatic rings. The Kier molecular flexibility index (Phi) is 6.09. The summed E-state index contributed by atoms with van der Waals surface area (Å²) in [6, 6.07) is 12.5. The van der Waals surface area contributed by atoms with Crippen LogP contribution in [0.3, 0.4) is 0 Å². The van der Waals surface area contributed by atoms with E-state index in [-0.39, 0.29) is 29.3 Å². The monoisotopic (exact) mass is 455 g/mol. The van der Waals surface area contributed by atoms with Gasteiger partial charge < -0.3 is 10.2 Å². The fourth-order valence-electron chi connectivity index (χ4n) is 4.72. The lowest BCUT2D eigenvalue weighted by molar-refractivity contribution is -0.121. The minimum atomic E-state index is -3.74. The van der Waals surface area contributed by atoms with Gasteiger partial charge in [0.1, 0.15) is 0 Å². The molecule has 2 aromatic carbocycles. The maximum Gasteiger partial charge on any atom is 0.243 e. The Labute approximate surface area is 189 Å². The minimum Gasteiger partial charge on any atom is -0.326 e. The Morgan fingerprint density at radius 1 is 1.12 bits per heavy atom. The average molecular weight is 456 g/mol. The highest BCUT2D eigenvalue weighted by molar-refractivity contribution is 7.89. The first-order valence-electron chi connectivity index (χ1n) is 11.0. The summed E-state index contributed by atoms with van der Waals surface area (Å²) >= 11 is 0. The Hall–Kier alpha value is -2.71. The third-order valence-electron chi connectivity index (χ3n) is 6.40. The number of hydrogen-bond acceptors (Lipinski definition) is 4. The van der Waals surface area contributed by atoms with Crippen LogP contribution in [0.4, 0.5) is 11.4 Å². The number of para-hydroxylation sites is 1. The fourth-order valence-corrected chi connectivity index (χ4v) is 6.29. The van der Waals surface area contributed by atoms with E-state index in [0.717, 1.165) is 22.5 Å². The van der Waals surface area contributed by atoms with Crippen LogP contribution in [0.15, 0.2) is 47.4 Å². The van der Waals surface area contributed by atoms with Crippen LogP contribution in [0.1, 0.15) is 37.8 Å². The molecule has 32 heavy (non-hydrogen) atoms. The zero-order chi connectivity index (χ0) is 23.0. The average Bonchev–Trinajstić information content (AvgIpc) is 3.10. The Morgan fingerprint density at radius 2 is 1.88 bits per heavy atom. The van der Waals surface area contributed by atoms with E-state index < -0.39 is 15.9 Å². The van der Waals surface area contributed by atoms with Crippen LogP contribution in [0, 0.1) is 12.8 Å². The summed E-state index contributed by atoms with van der Waals surface area (Å²) in [7, 11) is -3.74. The van der Waals surface area contributed by atoms with E-state index in [0.29, 0.717) is 25.8 Å². The molecule has 2 aliphatic heterocycles. The molecular weight excluding hydrogens is 426 g/mol. The summed E-state index contributed by atoms with van der Waals surface area (Å²) in [5, 5.41) is 2.95. The van der Waals surface area contributed by atoms with Crippen molar-refractivity contribution in [3.63, 3.8) is 0 Å². The molecule has 2 amide bonds. The second-order valence-corrected chi connectivity index (χ2v) is 10.7. The Morgan fingerprint density at radius 3 is 2.59 bits per heavy atom. The molecule has 0 spiro atoms. The summed E-state index contributed by atoms with van der Waals surface area (Å²) in [6.45, 7) is 5.95. The summed E-state index contributed by atoms with van der Waals surface area (Å²) < 4.78 is 28.2. The predicted octanol–water partition coefficient (Wildman–Crippen LogP) is 3.33. The van der Waals surface area contributed by atoms with Crippen LogP contribution in [0.2, 0.25) is 0 Å². The molecule has 4 rings (SSSR count). The van der Waals surface area contributed by atoms with Gasteiger partial charge in [0.05, 0.1) is 10.8 Å². The highest BCUT2D eigenvalue weighted by Gasteiger charge is 2.35. The Bertz CT molecular complexity index is 1160. The molecule has 0 saturated carbocycles. The van der Waals surface area contributed by atoms with Crippen molar-refractivity contribution < 1.29 is 18.0 Å². The molecule has 2 aromatic rings. The number of sulfonamides is 1. The summed E-state index contributed by atoms with van der Waals surface area (Å²) in [5.74, 6) is -0.606. The maximum absolute atomic E-state index is 13.4. The SMILES string of the molecule is CC(=O)N1c2ccc(S(=O)(=O)N3CCC[C@H](C(=O)Nc4ccccc4C)C3)cc2C[C@@H]1C. The van der Waals surface area contributed by atoms with E-state index in [2.05, 4.69) is 5.32 Å². The zero-order valence-corrected chi connectivity index (χ0v) is 19.5. The number of carbonyl (C=O) groups excluding carboxylic acids is 2. The van der Waals surface area contributed by atoms with E-state index in [1.165, 1.54) is 11.2 Å². The molecule has 0 radical (unpaired) electrons. The molecule has 7 nitrogen and oxygen atoms in total. The van der Waals surface area contributed by atoms with Crippen LogP contribution < -0.4 is 10.2 Å². The van der Waals surface area contributed by atoms with E-state index in [1.807, 2.05) is 38.1 Å². The molecule has 1 N–H and O–H groups in total. The topological polar surface area (TPSA) is 86.8 Å². The van der Waals surface area contributed by atoms with Crippen molar-refractivity contribution >= 4 is 33.2 Å². The third kappa shape index (κ3) is 4.17. The quantitative estimate of drug-likeness (QED) is 0.766. The maximum atomic E-state index is 13.4. The van der Waals surface area contributed by atoms with E-state index >= 15 is 0 Å². The first kappa shape index (κ1) is 22.5. The number of aryl methyl sites for hydroxylation is 1. The minimum absolute atomic E-state index is 0.00459. The molecule has 1 fully saturated rings. The zero-order valence-electron chi connectivity index (χ0n) is 18.7. The number of anilines is 2. The lowest BCUT2D eigenvalue weighted by Gasteiger charge is -2.31. The standard InChI is InChI=1S/C24H29N3O4S/c1-16-7-4-5-9-22(16)25-24(29)19-8-6-12-26(15-19)32(30,31)21-10-11-23-20(14-21)13-17(2)27(23)18(3)28/h4-5,7,9-11,14,17,19H,6,8,12-13,15H2,1-3H3,(H,25,29)/t17-,19-/m0/s1. The second kappa shape index (κ2) is 8.67. The van der Waals surface area contributed by atoms with Crippen molar-refractivity contribution in [1.82, 2.24) is 4.31 Å². The Balaban J connectivity index is 1.52. The molecule has 8 heteroatoms. The summed E-state index contributed by atoms with van der Waals surface area (Å²) in [5.41, 5.74) is 3.35. The molecule has 0 bridgehead atoms. The van der Waals surface area contributed by atoms with Gasteiger partial charge in [-0.3, -0.25) is 9.59 Å². The number of rotatable bonds is 4. The summed E-state index contributed by atoms with van der Waals surface area (Å²) in [4.78, 5) is 26.7. The normalized spacial score (nSPS) is 21.3. The molecule has 0 aliphatic carbocycles. The van der Waals surface area contributed by atoms with Crippen molar-refractivity contribution in [3.05, 3.63) is 53.6 Å². The fraction of sp³-hybridized carbons (Fsp3) is 0.417. The van der Waals surface area contributed by atoms with Gasteiger partial charge in [-0.25, -0.2) is 8.42 Å². The number of benzene rings is 2. The molecule has 170 valence electrons. The smallest absolute Gasteiger partial charge is 0.243 e. The van der Waals surface area contributed by atoms with Gasteiger partial charge in [0.25, 0.3) is 0 Å². The summed E-state index contributed by atoms with van der Waals surface area (Å²) in [6.07, 6.45) is 1.91. The van der Waals surface area contributed by atoms with Gasteiger partial charge in [-0.15, -0.1) is 0 Å². The van der Waals surface area contributed by atoms with Crippen LogP contribution in [-0.2, 0) is 26.0 Å². The first-order chi connectivity index (χ1) is 15.2. The van der Waals surface area contributed by atoms with Gasteiger partial charge in [0.2, 0.25) is 21.8 Å². The highest BCUT2D eigenvalue weighted by atomic mass is 32.2.